The van der Waals surface area contributed by atoms with Gasteiger partial charge in [-0.1, -0.05) is 23.0 Å². The molecule has 2 rings (SSSR count). The summed E-state index contributed by atoms with van der Waals surface area (Å²) in [6.45, 7) is 3.25. The molecule has 1 nitrogen and oxygen atoms in total. The number of hydrogen-bond donors (Lipinski definition) is 0. The van der Waals surface area contributed by atoms with Crippen LogP contribution in [0.4, 0.5) is 0 Å². The molecule has 2 aromatic rings. The molecular formula is C17H11K2O-. The molecule has 0 unspecified atom stereocenters. The molecule has 2 aromatic carbocycles. The van der Waals surface area contributed by atoms with Crippen LogP contribution in [0.2, 0.25) is 0 Å². The van der Waals surface area contributed by atoms with Crippen molar-refractivity contribution in [3.63, 3.8) is 0 Å². The summed E-state index contributed by atoms with van der Waals surface area (Å²) in [6.07, 6.45) is 10.2. The first-order valence-electron chi connectivity index (χ1n) is 4.96. The van der Waals surface area contributed by atoms with Crippen molar-refractivity contribution in [3.8, 4) is 24.7 Å². The second-order valence-electron chi connectivity index (χ2n) is 2.87. The monoisotopic (exact) mass is 309 g/mol. The molecule has 0 N–H and O–H groups in total. The van der Waals surface area contributed by atoms with E-state index in [2.05, 4.69) is 30.8 Å². The van der Waals surface area contributed by atoms with E-state index in [1.54, 1.807) is 24.3 Å². The predicted octanol–water partition coefficient (Wildman–Crippen LogP) is -3.33. The smallest absolute Gasteiger partial charge is 0.545 e. The van der Waals surface area contributed by atoms with E-state index in [0.717, 1.165) is 11.1 Å². The summed E-state index contributed by atoms with van der Waals surface area (Å²) >= 11 is 0. The molecule has 0 aliphatic heterocycles. The standard InChI is InChI=1S/2C8H5.CHO.2K/c2*1-2-8-6-4-3-5-7-8;1-2;;/h2*1,4-7H;1H;;/q3*-1;2*+1. The summed E-state index contributed by atoms with van der Waals surface area (Å²) in [7, 11) is 0. The van der Waals surface area contributed by atoms with Crippen LogP contribution in [0, 0.1) is 36.8 Å². The molecule has 88 valence electrons. The molecule has 0 radical (unpaired) electrons. The fourth-order valence-corrected chi connectivity index (χ4v) is 0.966. The van der Waals surface area contributed by atoms with Crippen LogP contribution < -0.4 is 103 Å². The minimum Gasteiger partial charge on any atom is -0.545 e. The Hall–Kier alpha value is 0.503. The molecule has 0 aliphatic rings. The van der Waals surface area contributed by atoms with E-state index in [1.807, 2.05) is 24.3 Å². The van der Waals surface area contributed by atoms with Crippen molar-refractivity contribution in [1.29, 1.82) is 0 Å². The second-order valence-corrected chi connectivity index (χ2v) is 2.87. The van der Waals surface area contributed by atoms with Gasteiger partial charge in [-0.15, -0.1) is 12.8 Å². The van der Waals surface area contributed by atoms with Crippen molar-refractivity contribution in [2.24, 2.45) is 0 Å². The zero-order valence-corrected chi connectivity index (χ0v) is 18.0. The van der Waals surface area contributed by atoms with E-state index in [1.165, 1.54) is 0 Å². The number of benzene rings is 2. The minimum absolute atomic E-state index is 0. The second kappa shape index (κ2) is 19.5. The van der Waals surface area contributed by atoms with Gasteiger partial charge in [-0.2, -0.15) is 60.7 Å². The normalized spacial score (nSPS) is 6.50. The van der Waals surface area contributed by atoms with E-state index in [4.69, 9.17) is 17.6 Å². The van der Waals surface area contributed by atoms with Gasteiger partial charge in [0.05, 0.1) is 0 Å². The van der Waals surface area contributed by atoms with Crippen molar-refractivity contribution >= 4 is 6.79 Å². The van der Waals surface area contributed by atoms with Gasteiger partial charge in [0.15, 0.2) is 0 Å². The van der Waals surface area contributed by atoms with Crippen LogP contribution in [0.15, 0.2) is 48.5 Å². The van der Waals surface area contributed by atoms with E-state index in [9.17, 15) is 0 Å². The third kappa shape index (κ3) is 13.5. The zero-order chi connectivity index (χ0) is 13.6. The quantitative estimate of drug-likeness (QED) is 0.215. The molecule has 0 fully saturated rings. The predicted molar refractivity (Wildman–Crippen MR) is 73.2 cm³/mol. The summed E-state index contributed by atoms with van der Waals surface area (Å²) in [6, 6.07) is 20.3. The Morgan fingerprint density at radius 3 is 1.15 bits per heavy atom. The van der Waals surface area contributed by atoms with Crippen LogP contribution >= 0.6 is 0 Å². The van der Waals surface area contributed by atoms with Crippen LogP contribution in [0.5, 0.6) is 0 Å². The number of carbonyl (C=O) groups excluding carboxylic acids is 1. The number of hydrogen-bond acceptors (Lipinski definition) is 1. The maximum Gasteiger partial charge on any atom is 1.00 e. The molecule has 0 spiro atoms. The van der Waals surface area contributed by atoms with Gasteiger partial charge in [-0.3, -0.25) is 6.79 Å². The van der Waals surface area contributed by atoms with Gasteiger partial charge in [0, 0.05) is 0 Å². The molecular weight excluding hydrogens is 298 g/mol. The molecule has 0 saturated heterocycles. The summed E-state index contributed by atoms with van der Waals surface area (Å²) in [4.78, 5) is 7.75. The Morgan fingerprint density at radius 1 is 0.750 bits per heavy atom. The maximum atomic E-state index is 7.75. The third-order valence-corrected chi connectivity index (χ3v) is 1.77. The zero-order valence-electron chi connectivity index (χ0n) is 11.8. The Balaban J connectivity index is -0.000000236. The van der Waals surface area contributed by atoms with Crippen LogP contribution in [-0.4, -0.2) is 6.79 Å². The van der Waals surface area contributed by atoms with E-state index in [0.29, 0.717) is 0 Å². The van der Waals surface area contributed by atoms with Gasteiger partial charge in [0.1, 0.15) is 0 Å². The molecule has 0 aliphatic carbocycles. The van der Waals surface area contributed by atoms with Gasteiger partial charge < -0.3 is 4.79 Å². The van der Waals surface area contributed by atoms with Crippen LogP contribution in [0.25, 0.3) is 0 Å². The van der Waals surface area contributed by atoms with Crippen molar-refractivity contribution in [3.05, 3.63) is 71.8 Å². The summed E-state index contributed by atoms with van der Waals surface area (Å²) in [5, 5.41) is 0. The molecule has 0 amide bonds. The van der Waals surface area contributed by atoms with E-state index >= 15 is 0 Å². The number of rotatable bonds is 0. The van der Waals surface area contributed by atoms with Gasteiger partial charge in [-0.05, 0) is 0 Å². The Labute approximate surface area is 206 Å². The molecule has 20 heavy (non-hydrogen) atoms. The average molecular weight is 309 g/mol. The number of terminal acetylenes is 2. The molecule has 0 bridgehead atoms. The Bertz CT molecular complexity index is 461. The first kappa shape index (κ1) is 25.5. The first-order valence-corrected chi connectivity index (χ1v) is 4.96. The van der Waals surface area contributed by atoms with Crippen molar-refractivity contribution in [2.75, 3.05) is 0 Å². The van der Waals surface area contributed by atoms with Crippen molar-refractivity contribution in [1.82, 2.24) is 0 Å². The fraction of sp³-hybridized carbons (Fsp3) is 0. The molecule has 0 atom stereocenters. The summed E-state index contributed by atoms with van der Waals surface area (Å²) in [5.74, 6) is 5.01. The van der Waals surface area contributed by atoms with Crippen molar-refractivity contribution in [2.45, 2.75) is 0 Å². The average Bonchev–Trinajstić information content (AvgIpc) is 2.51. The van der Waals surface area contributed by atoms with Crippen molar-refractivity contribution < 1.29 is 108 Å². The first-order chi connectivity index (χ1) is 8.86. The largest absolute Gasteiger partial charge is 1.00 e. The van der Waals surface area contributed by atoms with Crippen LogP contribution in [0.1, 0.15) is 11.1 Å². The molecule has 3 heteroatoms. The summed E-state index contributed by atoms with van der Waals surface area (Å²) < 4.78 is 0. The maximum absolute atomic E-state index is 7.75. The topological polar surface area (TPSA) is 17.1 Å². The molecule has 0 aromatic heterocycles. The van der Waals surface area contributed by atoms with Gasteiger partial charge in [0.25, 0.3) is 0 Å². The van der Waals surface area contributed by atoms with E-state index in [-0.39, 0.29) is 103 Å². The van der Waals surface area contributed by atoms with E-state index < -0.39 is 0 Å². The third-order valence-electron chi connectivity index (χ3n) is 1.77. The molecule has 0 heterocycles. The van der Waals surface area contributed by atoms with Crippen LogP contribution in [0.3, 0.4) is 0 Å². The van der Waals surface area contributed by atoms with Gasteiger partial charge >= 0.3 is 103 Å². The Morgan fingerprint density at radius 2 is 1.00 bits per heavy atom. The van der Waals surface area contributed by atoms with Gasteiger partial charge in [0.2, 0.25) is 0 Å². The Kier molecular flexibility index (Phi) is 24.8. The SMILES string of the molecule is C#Cc1cc[c-]cc1.C#Cc1cc[c-]cc1.[CH-]=O.[K+].[K+]. The fourth-order valence-electron chi connectivity index (χ4n) is 0.966. The molecule has 0 saturated carbocycles. The van der Waals surface area contributed by atoms with Crippen LogP contribution in [-0.2, 0) is 4.79 Å². The van der Waals surface area contributed by atoms with Gasteiger partial charge in [-0.25, -0.2) is 0 Å². The summed E-state index contributed by atoms with van der Waals surface area (Å²) in [5.41, 5.74) is 1.81. The minimum atomic E-state index is 0.